The van der Waals surface area contributed by atoms with E-state index in [1.165, 1.54) is 43.4 Å². The molecule has 0 saturated carbocycles. The topological polar surface area (TPSA) is 0 Å². The quantitative estimate of drug-likeness (QED) is 0.121. The number of benzene rings is 6. The average Bonchev–Trinajstić information content (AvgIpc) is 2.97. The van der Waals surface area contributed by atoms with Crippen molar-refractivity contribution in [3.63, 3.8) is 0 Å². The first-order chi connectivity index (χ1) is 22.5. The lowest BCUT2D eigenvalue weighted by Gasteiger charge is -2.40. The maximum atomic E-state index is 2.74. The Labute approximate surface area is 302 Å². The number of rotatable bonds is 6. The van der Waals surface area contributed by atoms with Crippen LogP contribution in [0.1, 0.15) is 0 Å². The molecule has 0 saturated heterocycles. The summed E-state index contributed by atoms with van der Waals surface area (Å²) in [6, 6.07) is 30.2. The van der Waals surface area contributed by atoms with Crippen LogP contribution in [0, 0.1) is 0 Å². The zero-order valence-corrected chi connectivity index (χ0v) is 38.0. The second kappa shape index (κ2) is 11.0. The monoisotopic (exact) mass is 724 g/mol. The minimum atomic E-state index is -1.79. The van der Waals surface area contributed by atoms with Gasteiger partial charge in [-0.2, -0.15) is 0 Å². The predicted octanol–water partition coefficient (Wildman–Crippen LogP) is 7.81. The van der Waals surface area contributed by atoms with E-state index in [-0.39, 0.29) is 6.71 Å². The van der Waals surface area contributed by atoms with Gasteiger partial charge in [-0.15, -0.1) is 0 Å². The molecule has 0 radical (unpaired) electrons. The van der Waals surface area contributed by atoms with Crippen LogP contribution >= 0.6 is 0 Å². The zero-order chi connectivity index (χ0) is 35.8. The summed E-state index contributed by atoms with van der Waals surface area (Å²) in [6.45, 7) is 39.0. The summed E-state index contributed by atoms with van der Waals surface area (Å²) >= 11 is 0. The Morgan fingerprint density at radius 3 is 1.33 bits per heavy atom. The Morgan fingerprint density at radius 2 is 0.816 bits per heavy atom. The van der Waals surface area contributed by atoms with Crippen molar-refractivity contribution in [2.75, 3.05) is 0 Å². The van der Waals surface area contributed by atoms with Crippen molar-refractivity contribution in [1.82, 2.24) is 0 Å². The second-order valence-electron chi connectivity index (χ2n) is 20.3. The average molecular weight is 725 g/mol. The van der Waals surface area contributed by atoms with Gasteiger partial charge in [0.15, 0.2) is 0 Å². The van der Waals surface area contributed by atoms with Gasteiger partial charge in [0.2, 0.25) is 6.71 Å². The lowest BCUT2D eigenvalue weighted by atomic mass is 9.33. The van der Waals surface area contributed by atoms with Gasteiger partial charge < -0.3 is 0 Å². The molecule has 0 atom stereocenters. The second-order valence-corrected chi connectivity index (χ2v) is 45.6. The number of fused-ring (bicyclic) bond motifs is 2. The van der Waals surface area contributed by atoms with Crippen molar-refractivity contribution in [3.05, 3.63) is 72.8 Å². The highest BCUT2D eigenvalue weighted by Gasteiger charge is 2.43. The molecular weight excluding hydrogens is 668 g/mol. The summed E-state index contributed by atoms with van der Waals surface area (Å²) in [6.07, 6.45) is 0. The Kier molecular flexibility index (Phi) is 7.85. The molecule has 6 aromatic carbocycles. The van der Waals surface area contributed by atoms with Gasteiger partial charge in [-0.05, 0) is 49.5 Å². The van der Waals surface area contributed by atoms with E-state index in [4.69, 9.17) is 0 Å². The minimum Gasteiger partial charge on any atom is -0.0701 e. The van der Waals surface area contributed by atoms with Crippen molar-refractivity contribution >= 4 is 122 Å². The Morgan fingerprint density at radius 1 is 0.367 bits per heavy atom. The molecule has 0 aromatic heterocycles. The number of hydrogen-bond donors (Lipinski definition) is 0. The maximum Gasteiger partial charge on any atom is 0.242 e. The molecule has 1 heterocycles. The molecular formula is C43H57BSi5. The highest BCUT2D eigenvalue weighted by atomic mass is 28.3. The molecule has 0 unspecified atom stereocenters. The van der Waals surface area contributed by atoms with Gasteiger partial charge in [-0.3, -0.25) is 0 Å². The fourth-order valence-corrected chi connectivity index (χ4v) is 16.6. The van der Waals surface area contributed by atoms with Crippen molar-refractivity contribution < 1.29 is 0 Å². The van der Waals surface area contributed by atoms with Gasteiger partial charge in [0.05, 0.1) is 40.4 Å². The van der Waals surface area contributed by atoms with Crippen LogP contribution in [-0.4, -0.2) is 47.1 Å². The van der Waals surface area contributed by atoms with E-state index < -0.39 is 40.4 Å². The van der Waals surface area contributed by atoms with Crippen LogP contribution in [0.4, 0.5) is 0 Å². The van der Waals surface area contributed by atoms with Crippen molar-refractivity contribution in [2.45, 2.75) is 98.2 Å². The zero-order valence-electron chi connectivity index (χ0n) is 33.0. The van der Waals surface area contributed by atoms with E-state index in [1.807, 2.05) is 0 Å². The molecule has 1 aliphatic rings. The lowest BCUT2D eigenvalue weighted by Crippen LogP contribution is -2.74. The molecule has 0 nitrogen and oxygen atoms in total. The molecule has 0 aliphatic carbocycles. The Bertz CT molecular complexity index is 2270. The molecule has 6 heteroatoms. The van der Waals surface area contributed by atoms with Crippen molar-refractivity contribution in [2.24, 2.45) is 0 Å². The molecule has 0 spiro atoms. The summed E-state index contributed by atoms with van der Waals surface area (Å²) in [5, 5.41) is 16.9. The Hall–Kier alpha value is -2.49. The standard InChI is InChI=1S/C43H57BSi5/c1-45(2,3)31-24-34-33-23-30-18-16-17-28-19-20-29-21-22-35(41(33)40(29)39(28)30)44(42(34)36(25-31)47(7,8)9)43-37(48(10,11)12)26-32(46(4,5)6)27-38(43)49(13,14)15/h16-27H,1-15H3. The largest absolute Gasteiger partial charge is 0.242 e. The van der Waals surface area contributed by atoms with Crippen molar-refractivity contribution in [1.29, 1.82) is 0 Å². The van der Waals surface area contributed by atoms with E-state index in [0.717, 1.165) is 0 Å². The fraction of sp³-hybridized carbons (Fsp3) is 0.349. The lowest BCUT2D eigenvalue weighted by molar-refractivity contribution is 1.65. The van der Waals surface area contributed by atoms with Gasteiger partial charge in [0, 0.05) is 0 Å². The molecule has 0 amide bonds. The first-order valence-electron chi connectivity index (χ1n) is 18.6. The van der Waals surface area contributed by atoms with Gasteiger partial charge in [0.25, 0.3) is 0 Å². The SMILES string of the molecule is C[Si](C)(C)c1cc2c(c([Si](C)(C)C)c1)B(c1c([Si](C)(C)C)cc([Si](C)(C)C)cc1[Si](C)(C)C)c1ccc3ccc4cccc5cc-2c1c3c45. The van der Waals surface area contributed by atoms with Crippen LogP contribution in [0.25, 0.3) is 43.4 Å². The van der Waals surface area contributed by atoms with E-state index >= 15 is 0 Å². The third-order valence-electron chi connectivity index (χ3n) is 11.4. The van der Waals surface area contributed by atoms with Crippen LogP contribution in [0.5, 0.6) is 0 Å². The van der Waals surface area contributed by atoms with E-state index in [2.05, 4.69) is 171 Å². The minimum absolute atomic E-state index is 0.239. The van der Waals surface area contributed by atoms with Crippen molar-refractivity contribution in [3.8, 4) is 11.1 Å². The molecule has 0 fully saturated rings. The predicted molar refractivity (Wildman–Crippen MR) is 242 cm³/mol. The van der Waals surface area contributed by atoms with Crippen LogP contribution in [0.3, 0.4) is 0 Å². The first kappa shape index (κ1) is 34.9. The van der Waals surface area contributed by atoms with E-state index in [1.54, 1.807) is 42.3 Å². The summed E-state index contributed by atoms with van der Waals surface area (Å²) < 4.78 is 0. The highest BCUT2D eigenvalue weighted by molar-refractivity contribution is 7.11. The first-order valence-corrected chi connectivity index (χ1v) is 36.1. The summed E-state index contributed by atoms with van der Waals surface area (Å²) in [7, 11) is -8.54. The van der Waals surface area contributed by atoms with Crippen LogP contribution in [-0.2, 0) is 0 Å². The normalized spacial score (nSPS) is 14.4. The van der Waals surface area contributed by atoms with E-state index in [0.29, 0.717) is 0 Å². The smallest absolute Gasteiger partial charge is 0.0701 e. The van der Waals surface area contributed by atoms with Crippen LogP contribution < -0.4 is 42.3 Å². The maximum absolute atomic E-state index is 2.74. The van der Waals surface area contributed by atoms with Crippen LogP contribution in [0.15, 0.2) is 72.8 Å². The van der Waals surface area contributed by atoms with E-state index in [9.17, 15) is 0 Å². The van der Waals surface area contributed by atoms with Gasteiger partial charge in [-0.1, -0.05) is 207 Å². The van der Waals surface area contributed by atoms with Gasteiger partial charge >= 0.3 is 0 Å². The van der Waals surface area contributed by atoms with Gasteiger partial charge in [-0.25, -0.2) is 0 Å². The summed E-state index contributed by atoms with van der Waals surface area (Å²) in [4.78, 5) is 0. The summed E-state index contributed by atoms with van der Waals surface area (Å²) in [5.74, 6) is 0. The molecule has 1 aliphatic heterocycles. The van der Waals surface area contributed by atoms with Crippen LogP contribution in [0.2, 0.25) is 98.2 Å². The molecule has 0 N–H and O–H groups in total. The third-order valence-corrected chi connectivity index (χ3v) is 21.5. The van der Waals surface area contributed by atoms with Gasteiger partial charge in [0.1, 0.15) is 0 Å². The number of hydrogen-bond acceptors (Lipinski definition) is 0. The molecule has 0 bridgehead atoms. The highest BCUT2D eigenvalue weighted by Crippen LogP contribution is 2.41. The third kappa shape index (κ3) is 5.65. The molecule has 7 rings (SSSR count). The molecule has 252 valence electrons. The summed E-state index contributed by atoms with van der Waals surface area (Å²) in [5.41, 5.74) is 7.90. The fourth-order valence-electron chi connectivity index (χ4n) is 8.66. The molecule has 6 aromatic rings. The molecule has 49 heavy (non-hydrogen) atoms. The Balaban J connectivity index is 1.79.